The van der Waals surface area contributed by atoms with E-state index in [-0.39, 0.29) is 0 Å². The lowest BCUT2D eigenvalue weighted by atomic mass is 10.1. The lowest BCUT2D eigenvalue weighted by Crippen LogP contribution is -2.57. The zero-order valence-electron chi connectivity index (χ0n) is 6.16. The van der Waals surface area contributed by atoms with Crippen molar-refractivity contribution in [2.24, 2.45) is 5.73 Å². The first-order valence-electron chi connectivity index (χ1n) is 3.20. The van der Waals surface area contributed by atoms with E-state index in [1.54, 1.807) is 13.0 Å². The molecule has 4 nitrogen and oxygen atoms in total. The average molecular weight is 154 g/mol. The summed E-state index contributed by atoms with van der Waals surface area (Å²) < 4.78 is 0. The molecule has 0 radical (unpaired) electrons. The highest BCUT2D eigenvalue weighted by molar-refractivity contribution is 5.81. The molecular formula is C7H10N2O2. The Bertz CT molecular complexity index is 245. The molecule has 0 aromatic rings. The number of allylic oxidation sites excluding steroid dienone is 2. The molecule has 1 heterocycles. The molecule has 60 valence electrons. The van der Waals surface area contributed by atoms with E-state index < -0.39 is 11.6 Å². The van der Waals surface area contributed by atoms with Gasteiger partial charge in [0.2, 0.25) is 5.66 Å². The van der Waals surface area contributed by atoms with Gasteiger partial charge in [-0.15, -0.1) is 0 Å². The third-order valence-electron chi connectivity index (χ3n) is 1.48. The Balaban J connectivity index is 2.92. The van der Waals surface area contributed by atoms with Crippen LogP contribution in [0.4, 0.5) is 0 Å². The van der Waals surface area contributed by atoms with Crippen LogP contribution in [-0.4, -0.2) is 16.7 Å². The molecule has 0 fully saturated rings. The molecule has 0 spiro atoms. The number of carboxylic acids is 1. The number of hydrogen-bond donors (Lipinski definition) is 3. The van der Waals surface area contributed by atoms with E-state index in [1.165, 1.54) is 12.3 Å². The first-order chi connectivity index (χ1) is 5.04. The standard InChI is InChI=1S/C7H10N2O2/c1-5-2-3-9-7(8,4-5)6(10)11/h2-4,9H,8H2,1H3,(H,10,11). The molecule has 0 bridgehead atoms. The minimum absolute atomic E-state index is 0.841. The monoisotopic (exact) mass is 154 g/mol. The number of nitrogens with two attached hydrogens (primary N) is 1. The van der Waals surface area contributed by atoms with Crippen molar-refractivity contribution in [1.82, 2.24) is 5.32 Å². The molecule has 11 heavy (non-hydrogen) atoms. The summed E-state index contributed by atoms with van der Waals surface area (Å²) >= 11 is 0. The van der Waals surface area contributed by atoms with Crippen molar-refractivity contribution in [3.63, 3.8) is 0 Å². The van der Waals surface area contributed by atoms with Gasteiger partial charge >= 0.3 is 5.97 Å². The van der Waals surface area contributed by atoms with Crippen LogP contribution >= 0.6 is 0 Å². The Morgan fingerprint density at radius 3 is 2.82 bits per heavy atom. The smallest absolute Gasteiger partial charge is 0.348 e. The molecule has 4 N–H and O–H groups in total. The summed E-state index contributed by atoms with van der Waals surface area (Å²) in [6.45, 7) is 1.79. The second-order valence-corrected chi connectivity index (χ2v) is 2.54. The SMILES string of the molecule is CC1=CC(N)(C(=O)O)NC=C1. The van der Waals surface area contributed by atoms with Gasteiger partial charge in [0.05, 0.1) is 0 Å². The molecule has 1 unspecified atom stereocenters. The quantitative estimate of drug-likeness (QED) is 0.488. The van der Waals surface area contributed by atoms with E-state index in [9.17, 15) is 4.79 Å². The highest BCUT2D eigenvalue weighted by Gasteiger charge is 2.31. The fraction of sp³-hybridized carbons (Fsp3) is 0.286. The number of aliphatic carboxylic acids is 1. The lowest BCUT2D eigenvalue weighted by molar-refractivity contribution is -0.142. The fourth-order valence-electron chi connectivity index (χ4n) is 0.883. The van der Waals surface area contributed by atoms with Gasteiger partial charge in [0.1, 0.15) is 0 Å². The van der Waals surface area contributed by atoms with Gasteiger partial charge in [-0.3, -0.25) is 5.73 Å². The highest BCUT2D eigenvalue weighted by Crippen LogP contribution is 2.09. The van der Waals surface area contributed by atoms with Gasteiger partial charge in [-0.25, -0.2) is 4.79 Å². The van der Waals surface area contributed by atoms with Gasteiger partial charge in [-0.1, -0.05) is 0 Å². The summed E-state index contributed by atoms with van der Waals surface area (Å²) in [5, 5.41) is 11.2. The Kier molecular flexibility index (Phi) is 1.70. The molecule has 0 saturated carbocycles. The molecule has 1 aliphatic heterocycles. The molecule has 4 heteroatoms. The van der Waals surface area contributed by atoms with Crippen LogP contribution in [0.1, 0.15) is 6.92 Å². The van der Waals surface area contributed by atoms with E-state index in [2.05, 4.69) is 5.32 Å². The van der Waals surface area contributed by atoms with Crippen LogP contribution in [0.25, 0.3) is 0 Å². The van der Waals surface area contributed by atoms with Gasteiger partial charge < -0.3 is 10.4 Å². The van der Waals surface area contributed by atoms with Crippen LogP contribution in [-0.2, 0) is 4.79 Å². The van der Waals surface area contributed by atoms with Gasteiger partial charge in [-0.2, -0.15) is 0 Å². The van der Waals surface area contributed by atoms with E-state index in [0.717, 1.165) is 5.57 Å². The molecule has 0 aromatic carbocycles. The second kappa shape index (κ2) is 2.39. The second-order valence-electron chi connectivity index (χ2n) is 2.54. The summed E-state index contributed by atoms with van der Waals surface area (Å²) in [7, 11) is 0. The third kappa shape index (κ3) is 1.40. The van der Waals surface area contributed by atoms with Crippen molar-refractivity contribution in [3.8, 4) is 0 Å². The molecule has 1 aliphatic rings. The van der Waals surface area contributed by atoms with E-state index >= 15 is 0 Å². The maximum atomic E-state index is 10.6. The minimum Gasteiger partial charge on any atom is -0.478 e. The van der Waals surface area contributed by atoms with Crippen LogP contribution in [0.15, 0.2) is 23.9 Å². The van der Waals surface area contributed by atoms with Crippen molar-refractivity contribution in [1.29, 1.82) is 0 Å². The van der Waals surface area contributed by atoms with Crippen LogP contribution in [0.3, 0.4) is 0 Å². The van der Waals surface area contributed by atoms with Gasteiger partial charge in [0, 0.05) is 0 Å². The van der Waals surface area contributed by atoms with Gasteiger partial charge in [-0.05, 0) is 30.8 Å². The summed E-state index contributed by atoms with van der Waals surface area (Å²) in [6.07, 6.45) is 4.76. The van der Waals surface area contributed by atoms with Crippen molar-refractivity contribution >= 4 is 5.97 Å². The van der Waals surface area contributed by atoms with Gasteiger partial charge in [0.25, 0.3) is 0 Å². The molecular weight excluding hydrogens is 144 g/mol. The predicted molar refractivity (Wildman–Crippen MR) is 40.6 cm³/mol. The molecule has 0 amide bonds. The third-order valence-corrected chi connectivity index (χ3v) is 1.48. The summed E-state index contributed by atoms with van der Waals surface area (Å²) in [6, 6.07) is 0. The van der Waals surface area contributed by atoms with Crippen molar-refractivity contribution < 1.29 is 9.90 Å². The van der Waals surface area contributed by atoms with Crippen LogP contribution in [0.5, 0.6) is 0 Å². The molecule has 1 rings (SSSR count). The maximum absolute atomic E-state index is 10.6. The largest absolute Gasteiger partial charge is 0.478 e. The van der Waals surface area contributed by atoms with Crippen molar-refractivity contribution in [2.75, 3.05) is 0 Å². The number of dihydropyridines is 1. The van der Waals surface area contributed by atoms with Crippen LogP contribution < -0.4 is 11.1 Å². The number of carboxylic acid groups (broad SMARTS) is 1. The normalized spacial score (nSPS) is 29.1. The number of carbonyl (C=O) groups is 1. The average Bonchev–Trinajstić information content (AvgIpc) is 1.86. The fourth-order valence-corrected chi connectivity index (χ4v) is 0.883. The topological polar surface area (TPSA) is 75.4 Å². The Labute approximate surface area is 64.4 Å². The Morgan fingerprint density at radius 2 is 2.45 bits per heavy atom. The molecule has 0 aliphatic carbocycles. The number of hydrogen-bond acceptors (Lipinski definition) is 3. The van der Waals surface area contributed by atoms with Crippen LogP contribution in [0, 0.1) is 0 Å². The number of nitrogens with one attached hydrogen (secondary N) is 1. The first-order valence-corrected chi connectivity index (χ1v) is 3.20. The highest BCUT2D eigenvalue weighted by atomic mass is 16.4. The maximum Gasteiger partial charge on any atom is 0.348 e. The summed E-state index contributed by atoms with van der Waals surface area (Å²) in [5.74, 6) is -1.08. The Hall–Kier alpha value is -1.29. The summed E-state index contributed by atoms with van der Waals surface area (Å²) in [5.41, 5.74) is 4.86. The van der Waals surface area contributed by atoms with E-state index in [4.69, 9.17) is 10.8 Å². The van der Waals surface area contributed by atoms with E-state index in [1.807, 2.05) is 0 Å². The first kappa shape index (κ1) is 7.81. The minimum atomic E-state index is -1.43. The summed E-state index contributed by atoms with van der Waals surface area (Å²) in [4.78, 5) is 10.6. The van der Waals surface area contributed by atoms with Gasteiger partial charge in [0.15, 0.2) is 0 Å². The molecule has 0 saturated heterocycles. The number of rotatable bonds is 1. The lowest BCUT2D eigenvalue weighted by Gasteiger charge is -2.24. The zero-order valence-corrected chi connectivity index (χ0v) is 6.16. The van der Waals surface area contributed by atoms with E-state index in [0.29, 0.717) is 0 Å². The Morgan fingerprint density at radius 1 is 1.82 bits per heavy atom. The van der Waals surface area contributed by atoms with Crippen molar-refractivity contribution in [3.05, 3.63) is 23.9 Å². The zero-order chi connectivity index (χ0) is 8.48. The van der Waals surface area contributed by atoms with Crippen LogP contribution in [0.2, 0.25) is 0 Å². The molecule has 0 aromatic heterocycles. The van der Waals surface area contributed by atoms with Crippen molar-refractivity contribution in [2.45, 2.75) is 12.6 Å². The predicted octanol–water partition coefficient (Wildman–Crippen LogP) is -0.211. The molecule has 1 atom stereocenters.